The molecule has 0 spiro atoms. The van der Waals surface area contributed by atoms with E-state index < -0.39 is 23.8 Å². The summed E-state index contributed by atoms with van der Waals surface area (Å²) in [7, 11) is 1.55. The summed E-state index contributed by atoms with van der Waals surface area (Å²) in [6.45, 7) is 7.10. The second-order valence-corrected chi connectivity index (χ2v) is 5.79. The van der Waals surface area contributed by atoms with Gasteiger partial charge in [0.05, 0.1) is 19.3 Å². The Balaban J connectivity index is 3.05. The minimum atomic E-state index is -1.05. The van der Waals surface area contributed by atoms with Gasteiger partial charge in [0.1, 0.15) is 5.75 Å². The number of carbonyl (C=O) groups is 1. The molecule has 0 aliphatic carbocycles. The van der Waals surface area contributed by atoms with E-state index in [4.69, 9.17) is 4.74 Å². The zero-order valence-electron chi connectivity index (χ0n) is 12.6. The van der Waals surface area contributed by atoms with E-state index in [1.807, 2.05) is 0 Å². The Hall–Kier alpha value is -1.75. The van der Waals surface area contributed by atoms with Gasteiger partial charge in [-0.3, -0.25) is 4.90 Å². The van der Waals surface area contributed by atoms with Crippen LogP contribution in [0, 0.1) is 0 Å². The lowest BCUT2D eigenvalue weighted by Gasteiger charge is -2.40. The number of hydrogen-bond acceptors (Lipinski definition) is 3. The van der Waals surface area contributed by atoms with Crippen LogP contribution in [-0.4, -0.2) is 39.9 Å². The number of rotatable bonds is 4. The summed E-state index contributed by atoms with van der Waals surface area (Å²) in [5.74, 6) is 0.631. The van der Waals surface area contributed by atoms with E-state index in [0.717, 1.165) is 0 Å². The summed E-state index contributed by atoms with van der Waals surface area (Å²) >= 11 is 0. The summed E-state index contributed by atoms with van der Waals surface area (Å²) < 4.78 is 5.12. The minimum absolute atomic E-state index is 0.570. The SMILES string of the molecule is COc1cccc([C@H](O)[C@H](C)N(C(=O)O)C(C)(C)C)c1. The van der Waals surface area contributed by atoms with Crippen LogP contribution in [-0.2, 0) is 0 Å². The molecule has 1 aromatic carbocycles. The van der Waals surface area contributed by atoms with E-state index in [9.17, 15) is 15.0 Å². The van der Waals surface area contributed by atoms with Crippen LogP contribution in [0.25, 0.3) is 0 Å². The molecule has 1 aromatic rings. The molecule has 0 aliphatic heterocycles. The predicted molar refractivity (Wildman–Crippen MR) is 77.0 cm³/mol. The molecule has 0 bridgehead atoms. The quantitative estimate of drug-likeness (QED) is 0.890. The molecular weight excluding hydrogens is 258 g/mol. The van der Waals surface area contributed by atoms with Gasteiger partial charge in [-0.25, -0.2) is 4.79 Å². The molecule has 1 rings (SSSR count). The van der Waals surface area contributed by atoms with Crippen molar-refractivity contribution in [2.24, 2.45) is 0 Å². The molecule has 0 saturated heterocycles. The minimum Gasteiger partial charge on any atom is -0.497 e. The lowest BCUT2D eigenvalue weighted by atomic mass is 9.97. The number of amides is 1. The van der Waals surface area contributed by atoms with Crippen molar-refractivity contribution < 1.29 is 19.7 Å². The smallest absolute Gasteiger partial charge is 0.408 e. The van der Waals surface area contributed by atoms with Crippen LogP contribution >= 0.6 is 0 Å². The van der Waals surface area contributed by atoms with Gasteiger partial charge in [0.2, 0.25) is 0 Å². The fourth-order valence-electron chi connectivity index (χ4n) is 2.32. The third-order valence-corrected chi connectivity index (χ3v) is 3.23. The van der Waals surface area contributed by atoms with Gasteiger partial charge in [-0.05, 0) is 45.4 Å². The van der Waals surface area contributed by atoms with E-state index in [1.165, 1.54) is 4.90 Å². The monoisotopic (exact) mass is 281 g/mol. The summed E-state index contributed by atoms with van der Waals surface area (Å²) in [4.78, 5) is 12.7. The number of methoxy groups -OCH3 is 1. The van der Waals surface area contributed by atoms with Crippen molar-refractivity contribution >= 4 is 6.09 Å². The zero-order valence-corrected chi connectivity index (χ0v) is 12.6. The van der Waals surface area contributed by atoms with Crippen LogP contribution in [0.1, 0.15) is 39.4 Å². The van der Waals surface area contributed by atoms with Gasteiger partial charge >= 0.3 is 6.09 Å². The summed E-state index contributed by atoms with van der Waals surface area (Å²) in [5.41, 5.74) is 0.0396. The summed E-state index contributed by atoms with van der Waals surface area (Å²) in [6, 6.07) is 6.45. The van der Waals surface area contributed by atoms with Crippen molar-refractivity contribution in [2.45, 2.75) is 45.4 Å². The van der Waals surface area contributed by atoms with Gasteiger partial charge in [-0.1, -0.05) is 12.1 Å². The van der Waals surface area contributed by atoms with Gasteiger partial charge in [0, 0.05) is 5.54 Å². The number of aliphatic hydroxyl groups excluding tert-OH is 1. The Morgan fingerprint density at radius 2 is 1.95 bits per heavy atom. The highest BCUT2D eigenvalue weighted by molar-refractivity contribution is 5.66. The molecule has 5 heteroatoms. The Morgan fingerprint density at radius 3 is 2.40 bits per heavy atom. The molecule has 1 amide bonds. The van der Waals surface area contributed by atoms with E-state index >= 15 is 0 Å². The van der Waals surface area contributed by atoms with Crippen LogP contribution in [0.5, 0.6) is 5.75 Å². The molecule has 0 fully saturated rings. The van der Waals surface area contributed by atoms with Gasteiger partial charge in [0.15, 0.2) is 0 Å². The molecule has 5 nitrogen and oxygen atoms in total. The zero-order chi connectivity index (χ0) is 15.5. The number of hydrogen-bond donors (Lipinski definition) is 2. The molecule has 0 heterocycles. The predicted octanol–water partition coefficient (Wildman–Crippen LogP) is 2.90. The molecule has 2 atom stereocenters. The maximum Gasteiger partial charge on any atom is 0.408 e. The van der Waals surface area contributed by atoms with E-state index in [1.54, 1.807) is 59.1 Å². The van der Waals surface area contributed by atoms with Crippen LogP contribution in [0.3, 0.4) is 0 Å². The first-order valence-electron chi connectivity index (χ1n) is 6.52. The molecule has 0 saturated carbocycles. The molecule has 20 heavy (non-hydrogen) atoms. The van der Waals surface area contributed by atoms with E-state index in [0.29, 0.717) is 11.3 Å². The van der Waals surface area contributed by atoms with Gasteiger partial charge in [0.25, 0.3) is 0 Å². The molecule has 0 aromatic heterocycles. The van der Waals surface area contributed by atoms with Crippen LogP contribution in [0.2, 0.25) is 0 Å². The van der Waals surface area contributed by atoms with Crippen molar-refractivity contribution in [3.63, 3.8) is 0 Å². The number of carboxylic acid groups (broad SMARTS) is 1. The fraction of sp³-hybridized carbons (Fsp3) is 0.533. The molecule has 112 valence electrons. The number of aliphatic hydroxyl groups is 1. The van der Waals surface area contributed by atoms with Crippen molar-refractivity contribution in [2.75, 3.05) is 7.11 Å². The lowest BCUT2D eigenvalue weighted by Crippen LogP contribution is -2.52. The standard InChI is InChI=1S/C15H23NO4/c1-10(16(14(18)19)15(2,3)4)13(17)11-7-6-8-12(9-11)20-5/h6-10,13,17H,1-5H3,(H,18,19)/t10-,13+/m0/s1. The Morgan fingerprint density at radius 1 is 1.35 bits per heavy atom. The average molecular weight is 281 g/mol. The topological polar surface area (TPSA) is 70.0 Å². The molecule has 0 radical (unpaired) electrons. The Labute approximate surface area is 119 Å². The fourth-order valence-corrected chi connectivity index (χ4v) is 2.32. The maximum absolute atomic E-state index is 11.4. The van der Waals surface area contributed by atoms with E-state index in [-0.39, 0.29) is 0 Å². The van der Waals surface area contributed by atoms with Crippen LogP contribution in [0.4, 0.5) is 4.79 Å². The van der Waals surface area contributed by atoms with Crippen LogP contribution in [0.15, 0.2) is 24.3 Å². The second-order valence-electron chi connectivity index (χ2n) is 5.79. The highest BCUT2D eigenvalue weighted by Gasteiger charge is 2.35. The maximum atomic E-state index is 11.4. The second kappa shape index (κ2) is 6.13. The molecule has 2 N–H and O–H groups in total. The normalized spacial score (nSPS) is 14.5. The average Bonchev–Trinajstić information content (AvgIpc) is 2.35. The first kappa shape index (κ1) is 16.3. The first-order valence-corrected chi connectivity index (χ1v) is 6.52. The van der Waals surface area contributed by atoms with Gasteiger partial charge in [-0.2, -0.15) is 0 Å². The van der Waals surface area contributed by atoms with Gasteiger partial charge < -0.3 is 14.9 Å². The van der Waals surface area contributed by atoms with Crippen molar-refractivity contribution in [1.82, 2.24) is 4.90 Å². The lowest BCUT2D eigenvalue weighted by molar-refractivity contribution is 0.0141. The number of benzene rings is 1. The molecule has 0 aliphatic rings. The summed E-state index contributed by atoms with van der Waals surface area (Å²) in [5, 5.41) is 19.8. The Kier molecular flexibility index (Phi) is 5.00. The Bertz CT molecular complexity index is 467. The summed E-state index contributed by atoms with van der Waals surface area (Å²) in [6.07, 6.45) is -1.97. The third-order valence-electron chi connectivity index (χ3n) is 3.23. The largest absolute Gasteiger partial charge is 0.497 e. The van der Waals surface area contributed by atoms with Gasteiger partial charge in [-0.15, -0.1) is 0 Å². The van der Waals surface area contributed by atoms with Crippen molar-refractivity contribution in [3.8, 4) is 5.75 Å². The number of ether oxygens (including phenoxy) is 1. The van der Waals surface area contributed by atoms with Crippen molar-refractivity contribution in [3.05, 3.63) is 29.8 Å². The van der Waals surface area contributed by atoms with Crippen LogP contribution < -0.4 is 4.74 Å². The highest BCUT2D eigenvalue weighted by atomic mass is 16.5. The third kappa shape index (κ3) is 3.63. The molecular formula is C15H23NO4. The first-order chi connectivity index (χ1) is 9.18. The van der Waals surface area contributed by atoms with E-state index in [2.05, 4.69) is 0 Å². The van der Waals surface area contributed by atoms with Crippen molar-refractivity contribution in [1.29, 1.82) is 0 Å². The number of nitrogens with zero attached hydrogens (tertiary/aromatic N) is 1. The molecule has 0 unspecified atom stereocenters. The highest BCUT2D eigenvalue weighted by Crippen LogP contribution is 2.28.